The van der Waals surface area contributed by atoms with Crippen molar-refractivity contribution < 1.29 is 28.7 Å². The van der Waals surface area contributed by atoms with E-state index in [1.54, 1.807) is 0 Å². The van der Waals surface area contributed by atoms with Gasteiger partial charge >= 0.3 is 12.2 Å². The third kappa shape index (κ3) is 9.45. The summed E-state index contributed by atoms with van der Waals surface area (Å²) in [6, 6.07) is 26.6. The number of rotatable bonds is 13. The van der Waals surface area contributed by atoms with E-state index >= 15 is 0 Å². The van der Waals surface area contributed by atoms with Crippen molar-refractivity contribution in [3.05, 3.63) is 114 Å². The molecule has 3 saturated heterocycles. The van der Waals surface area contributed by atoms with Crippen LogP contribution in [0.1, 0.15) is 113 Å². The normalized spacial score (nSPS) is 20.6. The van der Waals surface area contributed by atoms with E-state index in [0.29, 0.717) is 13.1 Å². The number of nitrogens with zero attached hydrogens (tertiary/aromatic N) is 5. The molecule has 0 spiro atoms. The summed E-state index contributed by atoms with van der Waals surface area (Å²) in [4.78, 5) is 74.2. The van der Waals surface area contributed by atoms with Gasteiger partial charge in [-0.15, -0.1) is 0 Å². The van der Waals surface area contributed by atoms with E-state index in [4.69, 9.17) is 19.4 Å². The zero-order valence-electron chi connectivity index (χ0n) is 38.1. The Hall–Kier alpha value is -6.64. The van der Waals surface area contributed by atoms with Crippen LogP contribution in [0.4, 0.5) is 15.3 Å². The molecule has 0 aliphatic carbocycles. The summed E-state index contributed by atoms with van der Waals surface area (Å²) in [5, 5.41) is 5.44. The van der Waals surface area contributed by atoms with Crippen LogP contribution < -0.4 is 15.5 Å². The van der Waals surface area contributed by atoms with Crippen LogP contribution in [-0.2, 0) is 19.1 Å². The Balaban J connectivity index is 0.964. The summed E-state index contributed by atoms with van der Waals surface area (Å²) in [6.07, 6.45) is 7.68. The van der Waals surface area contributed by atoms with E-state index in [-0.39, 0.29) is 47.8 Å². The van der Waals surface area contributed by atoms with Crippen molar-refractivity contribution in [2.45, 2.75) is 102 Å². The molecule has 5 heterocycles. The van der Waals surface area contributed by atoms with Crippen LogP contribution in [0.5, 0.6) is 0 Å². The van der Waals surface area contributed by atoms with Crippen molar-refractivity contribution in [3.63, 3.8) is 0 Å². The highest BCUT2D eigenvalue weighted by Gasteiger charge is 2.40. The average Bonchev–Trinajstić information content (AvgIpc) is 4.19. The predicted molar refractivity (Wildman–Crippen MR) is 247 cm³/mol. The first-order valence-corrected chi connectivity index (χ1v) is 22.9. The number of likely N-dealkylation sites (tertiary alicyclic amines) is 2. The Morgan fingerprint density at radius 3 is 1.38 bits per heavy atom. The fourth-order valence-corrected chi connectivity index (χ4v) is 9.89. The van der Waals surface area contributed by atoms with Crippen LogP contribution >= 0.6 is 0 Å². The van der Waals surface area contributed by atoms with E-state index in [9.17, 15) is 19.2 Å². The molecule has 4 amide bonds. The monoisotopic (exact) mass is 883 g/mol. The molecule has 3 fully saturated rings. The fraction of sp³-hybridized carbons (Fsp3) is 0.440. The number of ether oxygens (including phenoxy) is 2. The van der Waals surface area contributed by atoms with Crippen LogP contribution in [0.25, 0.3) is 22.5 Å². The number of anilines is 1. The van der Waals surface area contributed by atoms with Gasteiger partial charge in [-0.1, -0.05) is 94.4 Å². The number of aromatic nitrogens is 4. The number of H-pyrrole nitrogens is 2. The molecule has 8 rings (SSSR count). The van der Waals surface area contributed by atoms with Gasteiger partial charge in [-0.05, 0) is 84.7 Å². The second-order valence-corrected chi connectivity index (χ2v) is 18.1. The lowest BCUT2D eigenvalue weighted by Gasteiger charge is -2.33. The largest absolute Gasteiger partial charge is 0.453 e. The molecule has 3 aliphatic heterocycles. The molecule has 15 heteroatoms. The molecule has 4 N–H and O–H groups in total. The molecule has 0 unspecified atom stereocenters. The van der Waals surface area contributed by atoms with E-state index in [1.807, 2.05) is 49.9 Å². The smallest absolute Gasteiger partial charge is 0.407 e. The van der Waals surface area contributed by atoms with E-state index < -0.39 is 24.3 Å². The first-order chi connectivity index (χ1) is 31.4. The van der Waals surface area contributed by atoms with Crippen molar-refractivity contribution in [3.8, 4) is 22.5 Å². The summed E-state index contributed by atoms with van der Waals surface area (Å²) < 4.78 is 9.59. The van der Waals surface area contributed by atoms with Gasteiger partial charge in [-0.25, -0.2) is 19.6 Å². The highest BCUT2D eigenvalue weighted by molar-refractivity contribution is 5.87. The highest BCUT2D eigenvalue weighted by atomic mass is 16.5. The molecule has 0 saturated carbocycles. The average molecular weight is 884 g/mol. The predicted octanol–water partition coefficient (Wildman–Crippen LogP) is 8.64. The van der Waals surface area contributed by atoms with Gasteiger partial charge in [0.25, 0.3) is 0 Å². The Morgan fingerprint density at radius 2 is 1.00 bits per heavy atom. The number of aromatic amines is 2. The Bertz CT molecular complexity index is 2280. The van der Waals surface area contributed by atoms with Crippen molar-refractivity contribution >= 4 is 29.7 Å². The number of carbonyl (C=O) groups is 4. The zero-order valence-corrected chi connectivity index (χ0v) is 38.1. The third-order valence-corrected chi connectivity index (χ3v) is 13.3. The minimum Gasteiger partial charge on any atom is -0.453 e. The Labute approximate surface area is 380 Å². The quantitative estimate of drug-likeness (QED) is 0.0901. The summed E-state index contributed by atoms with van der Waals surface area (Å²) in [7, 11) is 2.60. The molecule has 0 bridgehead atoms. The van der Waals surface area contributed by atoms with Gasteiger partial charge in [-0.2, -0.15) is 0 Å². The molecule has 3 aromatic carbocycles. The van der Waals surface area contributed by atoms with Crippen molar-refractivity contribution in [1.82, 2.24) is 40.4 Å². The minimum absolute atomic E-state index is 0.108. The first-order valence-electron chi connectivity index (χ1n) is 22.9. The number of methoxy groups -OCH3 is 2. The van der Waals surface area contributed by atoms with Gasteiger partial charge in [0.15, 0.2) is 0 Å². The lowest BCUT2D eigenvalue weighted by molar-refractivity contribution is -0.136. The summed E-state index contributed by atoms with van der Waals surface area (Å²) in [5.41, 5.74) is 7.41. The van der Waals surface area contributed by atoms with Crippen LogP contribution in [0, 0.1) is 11.8 Å². The second kappa shape index (κ2) is 19.6. The second-order valence-electron chi connectivity index (χ2n) is 18.1. The van der Waals surface area contributed by atoms with Gasteiger partial charge in [0.2, 0.25) is 11.8 Å². The maximum absolute atomic E-state index is 13.7. The summed E-state index contributed by atoms with van der Waals surface area (Å²) in [5.74, 6) is 0.995. The lowest BCUT2D eigenvalue weighted by Crippen LogP contribution is -2.51. The minimum atomic E-state index is -0.691. The molecular weight excluding hydrogens is 823 g/mol. The molecule has 0 radical (unpaired) electrons. The number of imidazole rings is 2. The Kier molecular flexibility index (Phi) is 13.6. The van der Waals surface area contributed by atoms with Gasteiger partial charge < -0.3 is 44.8 Å². The first kappa shape index (κ1) is 44.9. The number of hydrogen-bond donors (Lipinski definition) is 4. The van der Waals surface area contributed by atoms with E-state index in [2.05, 4.69) is 104 Å². The van der Waals surface area contributed by atoms with Gasteiger partial charge in [-0.3, -0.25) is 9.59 Å². The number of alkyl carbamates (subject to hydrolysis) is 2. The van der Waals surface area contributed by atoms with Gasteiger partial charge in [0, 0.05) is 18.8 Å². The SMILES string of the molecule is COC(=O)N[C@H](C(=O)N1CCC[C@H]1c1ncc(-c2ccc([C@H]3CC[C@H](c4ccc(-c5cnc([C@@H]6CCCN6C(=O)[C@@H](NC(=O)OC)C(C)C)[nH]5)cc4)N3c3ccccc3)cc2)[nH]1)C(C)C. The number of nitrogens with one attached hydrogen (secondary N) is 4. The molecular formula is C50H61N9O6. The zero-order chi connectivity index (χ0) is 45.8. The maximum atomic E-state index is 13.7. The van der Waals surface area contributed by atoms with Gasteiger partial charge in [0.05, 0.1) is 62.2 Å². The number of para-hydroxylation sites is 1. The fourth-order valence-electron chi connectivity index (χ4n) is 9.89. The number of amides is 4. The highest BCUT2D eigenvalue weighted by Crippen LogP contribution is 2.47. The van der Waals surface area contributed by atoms with Crippen LogP contribution in [0.15, 0.2) is 91.3 Å². The van der Waals surface area contributed by atoms with Gasteiger partial charge in [0.1, 0.15) is 23.7 Å². The molecule has 65 heavy (non-hydrogen) atoms. The Morgan fingerprint density at radius 1 is 0.585 bits per heavy atom. The molecule has 3 aliphatic rings. The van der Waals surface area contributed by atoms with E-state index in [1.165, 1.54) is 31.0 Å². The molecule has 342 valence electrons. The standard InChI is InChI=1S/C50H61N9O6/c1-30(2)43(55-49(62)64-5)47(60)57-26-10-14-41(57)45-51-28-37(53-45)32-16-20-34(21-17-32)39-24-25-40(59(39)36-12-8-7-9-13-36)35-22-18-33(19-23-35)38-29-52-46(54-38)42-15-11-27-58(42)48(61)44(31(3)4)56-50(63)65-6/h7-9,12-13,16-23,28-31,39-44H,10-11,14-15,24-27H2,1-6H3,(H,51,53)(H,52,54)(H,55,62)(H,56,63)/t39-,40-,41+,42+,43+,44+/m1/s1. The number of benzene rings is 3. The number of carbonyl (C=O) groups excluding carboxylic acids is 4. The third-order valence-electron chi connectivity index (χ3n) is 13.3. The van der Waals surface area contributed by atoms with Crippen molar-refractivity contribution in [2.75, 3.05) is 32.2 Å². The van der Waals surface area contributed by atoms with Crippen molar-refractivity contribution in [1.29, 1.82) is 0 Å². The topological polar surface area (TPSA) is 178 Å². The van der Waals surface area contributed by atoms with Crippen molar-refractivity contribution in [2.24, 2.45) is 11.8 Å². The lowest BCUT2D eigenvalue weighted by atomic mass is 10.0. The van der Waals surface area contributed by atoms with Crippen LogP contribution in [0.2, 0.25) is 0 Å². The summed E-state index contributed by atoms with van der Waals surface area (Å²) >= 11 is 0. The van der Waals surface area contributed by atoms with Crippen LogP contribution in [-0.4, -0.2) is 93.1 Å². The molecule has 5 aromatic rings. The van der Waals surface area contributed by atoms with Crippen LogP contribution in [0.3, 0.4) is 0 Å². The number of hydrogen-bond acceptors (Lipinski definition) is 9. The molecule has 2 aromatic heterocycles. The van der Waals surface area contributed by atoms with E-state index in [0.717, 1.165) is 72.7 Å². The summed E-state index contributed by atoms with van der Waals surface area (Å²) in [6.45, 7) is 8.84. The molecule has 15 nitrogen and oxygen atoms in total. The maximum Gasteiger partial charge on any atom is 0.407 e. The molecule has 6 atom stereocenters.